The van der Waals surface area contributed by atoms with Gasteiger partial charge in [-0.1, -0.05) is 36.5 Å². The summed E-state index contributed by atoms with van der Waals surface area (Å²) in [4.78, 5) is 23.2. The van der Waals surface area contributed by atoms with E-state index in [9.17, 15) is 9.59 Å². The van der Waals surface area contributed by atoms with Crippen LogP contribution in [0.3, 0.4) is 0 Å². The molecular formula is C11H13Cl2NO3S. The molecule has 0 aliphatic carbocycles. The normalized spacial score (nSPS) is 14.0. The Morgan fingerprint density at radius 2 is 2.11 bits per heavy atom. The molecule has 0 spiro atoms. The molecule has 0 aromatic carbocycles. The maximum atomic E-state index is 12.0. The van der Waals surface area contributed by atoms with Gasteiger partial charge in [-0.05, 0) is 19.4 Å². The summed E-state index contributed by atoms with van der Waals surface area (Å²) >= 11 is 12.7. The van der Waals surface area contributed by atoms with Crippen LogP contribution >= 0.6 is 34.5 Å². The van der Waals surface area contributed by atoms with E-state index < -0.39 is 17.4 Å². The van der Waals surface area contributed by atoms with Gasteiger partial charge < -0.3 is 10.4 Å². The number of aliphatic carboxylic acids is 1. The summed E-state index contributed by atoms with van der Waals surface area (Å²) in [7, 11) is 0. The van der Waals surface area contributed by atoms with E-state index in [-0.39, 0.29) is 9.90 Å². The van der Waals surface area contributed by atoms with Crippen LogP contribution in [-0.4, -0.2) is 22.5 Å². The van der Waals surface area contributed by atoms with Gasteiger partial charge in [0, 0.05) is 0 Å². The van der Waals surface area contributed by atoms with Crippen molar-refractivity contribution in [3.8, 4) is 0 Å². The molecule has 0 aliphatic heterocycles. The second-order valence-electron chi connectivity index (χ2n) is 4.08. The van der Waals surface area contributed by atoms with Crippen LogP contribution in [0, 0.1) is 0 Å². The van der Waals surface area contributed by atoms with Gasteiger partial charge in [-0.2, -0.15) is 0 Å². The number of hydrogen-bond acceptors (Lipinski definition) is 3. The Morgan fingerprint density at radius 3 is 2.50 bits per heavy atom. The summed E-state index contributed by atoms with van der Waals surface area (Å²) in [5.74, 6) is -1.60. The summed E-state index contributed by atoms with van der Waals surface area (Å²) in [5, 5.41) is 11.7. The second-order valence-corrected chi connectivity index (χ2v) is 6.36. The summed E-state index contributed by atoms with van der Waals surface area (Å²) in [6.07, 6.45) is 0.977. The largest absolute Gasteiger partial charge is 0.480 e. The highest BCUT2D eigenvalue weighted by Gasteiger charge is 2.34. The highest BCUT2D eigenvalue weighted by atomic mass is 35.5. The van der Waals surface area contributed by atoms with Crippen LogP contribution in [0.5, 0.6) is 0 Å². The van der Waals surface area contributed by atoms with Crippen molar-refractivity contribution in [1.82, 2.24) is 5.32 Å². The molecule has 1 rings (SSSR count). The number of rotatable bonds is 5. The first-order valence-corrected chi connectivity index (χ1v) is 6.88. The summed E-state index contributed by atoms with van der Waals surface area (Å²) in [5.41, 5.74) is -1.10. The molecule has 0 aliphatic rings. The number of carbonyl (C=O) groups excluding carboxylic acids is 1. The van der Waals surface area contributed by atoms with Gasteiger partial charge in [0.2, 0.25) is 0 Å². The number of hydrogen-bond donors (Lipinski definition) is 2. The summed E-state index contributed by atoms with van der Waals surface area (Å²) in [6, 6.07) is 1.43. The SMILES string of the molecule is CCC[C@](C)(NC(=O)c1cc(Cl)sc1Cl)C(=O)O. The Hall–Kier alpha value is -0.780. The quantitative estimate of drug-likeness (QED) is 0.875. The molecule has 100 valence electrons. The third-order valence-corrected chi connectivity index (χ3v) is 4.00. The monoisotopic (exact) mass is 309 g/mol. The van der Waals surface area contributed by atoms with Crippen molar-refractivity contribution in [1.29, 1.82) is 0 Å². The van der Waals surface area contributed by atoms with E-state index in [2.05, 4.69) is 5.32 Å². The number of halogens is 2. The molecule has 1 aromatic heterocycles. The lowest BCUT2D eigenvalue weighted by Crippen LogP contribution is -2.52. The predicted octanol–water partition coefficient (Wildman–Crippen LogP) is 3.43. The molecule has 18 heavy (non-hydrogen) atoms. The topological polar surface area (TPSA) is 66.4 Å². The van der Waals surface area contributed by atoms with Gasteiger partial charge in [-0.25, -0.2) is 4.79 Å². The van der Waals surface area contributed by atoms with Crippen LogP contribution in [0.4, 0.5) is 0 Å². The number of nitrogens with one attached hydrogen (secondary N) is 1. The average Bonchev–Trinajstić information content (AvgIpc) is 2.57. The first-order chi connectivity index (χ1) is 8.30. The Kier molecular flexibility index (Phi) is 5.01. The molecule has 1 atom stereocenters. The van der Waals surface area contributed by atoms with Crippen LogP contribution in [-0.2, 0) is 4.79 Å². The van der Waals surface area contributed by atoms with E-state index in [4.69, 9.17) is 28.3 Å². The summed E-state index contributed by atoms with van der Waals surface area (Å²) in [6.45, 7) is 3.32. The molecular weight excluding hydrogens is 297 g/mol. The lowest BCUT2D eigenvalue weighted by Gasteiger charge is -2.25. The maximum absolute atomic E-state index is 12.0. The zero-order valence-corrected chi connectivity index (χ0v) is 12.2. The molecule has 0 unspecified atom stereocenters. The van der Waals surface area contributed by atoms with E-state index in [1.165, 1.54) is 13.0 Å². The Balaban J connectivity index is 2.92. The van der Waals surface area contributed by atoms with E-state index in [1.54, 1.807) is 0 Å². The van der Waals surface area contributed by atoms with Gasteiger partial charge in [-0.3, -0.25) is 4.79 Å². The van der Waals surface area contributed by atoms with E-state index >= 15 is 0 Å². The Bertz CT molecular complexity index is 475. The first kappa shape index (κ1) is 15.3. The van der Waals surface area contributed by atoms with Gasteiger partial charge >= 0.3 is 5.97 Å². The van der Waals surface area contributed by atoms with Crippen LogP contribution in [0.25, 0.3) is 0 Å². The van der Waals surface area contributed by atoms with E-state index in [0.29, 0.717) is 17.2 Å². The molecule has 0 saturated carbocycles. The average molecular weight is 310 g/mol. The molecule has 0 fully saturated rings. The molecule has 1 heterocycles. The van der Waals surface area contributed by atoms with E-state index in [1.807, 2.05) is 6.92 Å². The van der Waals surface area contributed by atoms with Gasteiger partial charge in [0.15, 0.2) is 0 Å². The maximum Gasteiger partial charge on any atom is 0.329 e. The highest BCUT2D eigenvalue weighted by Crippen LogP contribution is 2.31. The first-order valence-electron chi connectivity index (χ1n) is 5.31. The van der Waals surface area contributed by atoms with Crippen molar-refractivity contribution in [3.05, 3.63) is 20.3 Å². The lowest BCUT2D eigenvalue weighted by molar-refractivity contribution is -0.144. The van der Waals surface area contributed by atoms with Crippen LogP contribution < -0.4 is 5.32 Å². The minimum Gasteiger partial charge on any atom is -0.480 e. The molecule has 0 bridgehead atoms. The van der Waals surface area contributed by atoms with E-state index in [0.717, 1.165) is 11.3 Å². The minimum atomic E-state index is -1.30. The number of carboxylic acids is 1. The highest BCUT2D eigenvalue weighted by molar-refractivity contribution is 7.20. The smallest absolute Gasteiger partial charge is 0.329 e. The van der Waals surface area contributed by atoms with Gasteiger partial charge in [0.1, 0.15) is 9.88 Å². The third-order valence-electron chi connectivity index (χ3n) is 2.51. The number of carboxylic acid groups (broad SMARTS) is 1. The zero-order chi connectivity index (χ0) is 13.9. The molecule has 7 heteroatoms. The zero-order valence-electron chi connectivity index (χ0n) is 9.92. The molecule has 2 N–H and O–H groups in total. The lowest BCUT2D eigenvalue weighted by atomic mass is 9.96. The fourth-order valence-electron chi connectivity index (χ4n) is 1.54. The summed E-state index contributed by atoms with van der Waals surface area (Å²) < 4.78 is 0.638. The predicted molar refractivity (Wildman–Crippen MR) is 72.8 cm³/mol. The molecule has 1 aromatic rings. The van der Waals surface area contributed by atoms with Crippen LogP contribution in [0.2, 0.25) is 8.67 Å². The number of thiophene rings is 1. The van der Waals surface area contributed by atoms with Gasteiger partial charge in [0.25, 0.3) is 5.91 Å². The van der Waals surface area contributed by atoms with Crippen molar-refractivity contribution >= 4 is 46.4 Å². The van der Waals surface area contributed by atoms with Crippen molar-refractivity contribution in [2.24, 2.45) is 0 Å². The van der Waals surface area contributed by atoms with Crippen LogP contribution in [0.15, 0.2) is 6.07 Å². The Labute approximate surface area is 119 Å². The fraction of sp³-hybridized carbons (Fsp3) is 0.455. The van der Waals surface area contributed by atoms with Crippen LogP contribution in [0.1, 0.15) is 37.0 Å². The molecule has 0 radical (unpaired) electrons. The van der Waals surface area contributed by atoms with Gasteiger partial charge in [0.05, 0.1) is 9.90 Å². The standard InChI is InChI=1S/C11H13Cl2NO3S/c1-3-4-11(2,10(16)17)14-9(15)6-5-7(12)18-8(6)13/h5H,3-4H2,1-2H3,(H,14,15)(H,16,17)/t11-/m0/s1. The second kappa shape index (κ2) is 5.91. The third kappa shape index (κ3) is 3.37. The van der Waals surface area contributed by atoms with Crippen molar-refractivity contribution < 1.29 is 14.7 Å². The molecule has 4 nitrogen and oxygen atoms in total. The fourth-order valence-corrected chi connectivity index (χ4v) is 2.99. The van der Waals surface area contributed by atoms with Gasteiger partial charge in [-0.15, -0.1) is 11.3 Å². The molecule has 0 saturated heterocycles. The number of amides is 1. The van der Waals surface area contributed by atoms with Crippen molar-refractivity contribution in [2.75, 3.05) is 0 Å². The molecule has 1 amide bonds. The Morgan fingerprint density at radius 1 is 1.50 bits per heavy atom. The minimum absolute atomic E-state index is 0.204. The van der Waals surface area contributed by atoms with Crippen molar-refractivity contribution in [2.45, 2.75) is 32.2 Å². The van der Waals surface area contributed by atoms with Crippen molar-refractivity contribution in [3.63, 3.8) is 0 Å². The number of carbonyl (C=O) groups is 2.